The second-order valence-corrected chi connectivity index (χ2v) is 5.46. The minimum atomic E-state index is -0.836. The highest BCUT2D eigenvalue weighted by Gasteiger charge is 2.37. The third-order valence-corrected chi connectivity index (χ3v) is 3.83. The van der Waals surface area contributed by atoms with Crippen molar-refractivity contribution >= 4 is 5.91 Å². The number of hydrogen-bond acceptors (Lipinski definition) is 4. The first-order valence-electron chi connectivity index (χ1n) is 7.03. The molecule has 2 N–H and O–H groups in total. The van der Waals surface area contributed by atoms with E-state index in [1.165, 1.54) is 23.4 Å². The number of β-amino-alcohol motifs (C(OH)–C–C–N with tert-alkyl or cyclic N) is 1. The molecule has 5 nitrogen and oxygen atoms in total. The molecule has 1 aromatic carbocycles. The molecule has 2 atom stereocenters. The van der Waals surface area contributed by atoms with Crippen molar-refractivity contribution in [1.29, 1.82) is 0 Å². The molecule has 1 aromatic heterocycles. The van der Waals surface area contributed by atoms with Crippen molar-refractivity contribution in [2.45, 2.75) is 18.6 Å². The van der Waals surface area contributed by atoms with Crippen LogP contribution in [0.1, 0.15) is 28.4 Å². The van der Waals surface area contributed by atoms with Crippen LogP contribution in [0, 0.1) is 11.6 Å². The molecule has 1 aliphatic rings. The first-order chi connectivity index (χ1) is 11.0. The topological polar surface area (TPSA) is 73.7 Å². The average molecular weight is 320 g/mol. The van der Waals surface area contributed by atoms with E-state index in [2.05, 4.69) is 4.98 Å². The molecule has 1 aliphatic heterocycles. The fraction of sp³-hybridized carbons (Fsp3) is 0.250. The molecule has 0 aliphatic carbocycles. The number of rotatable bonds is 2. The van der Waals surface area contributed by atoms with Crippen molar-refractivity contribution in [2.75, 3.05) is 6.54 Å². The number of halogens is 2. The largest absolute Gasteiger partial charge is 0.506 e. The Balaban J connectivity index is 1.97. The highest BCUT2D eigenvalue weighted by Crippen LogP contribution is 2.35. The number of pyridine rings is 1. The van der Waals surface area contributed by atoms with Gasteiger partial charge in [0.2, 0.25) is 0 Å². The number of hydrogen-bond donors (Lipinski definition) is 2. The van der Waals surface area contributed by atoms with Gasteiger partial charge in [-0.3, -0.25) is 9.78 Å². The highest BCUT2D eigenvalue weighted by molar-refractivity contribution is 5.94. The van der Waals surface area contributed by atoms with Crippen molar-refractivity contribution < 1.29 is 23.8 Å². The van der Waals surface area contributed by atoms with Gasteiger partial charge in [0.25, 0.3) is 5.91 Å². The third-order valence-electron chi connectivity index (χ3n) is 3.83. The van der Waals surface area contributed by atoms with E-state index < -0.39 is 29.7 Å². The fourth-order valence-electron chi connectivity index (χ4n) is 2.81. The lowest BCUT2D eigenvalue weighted by atomic mass is 10.0. The van der Waals surface area contributed by atoms with Crippen LogP contribution >= 0.6 is 0 Å². The maximum absolute atomic E-state index is 14.0. The Morgan fingerprint density at radius 1 is 1.26 bits per heavy atom. The summed E-state index contributed by atoms with van der Waals surface area (Å²) >= 11 is 0. The second kappa shape index (κ2) is 5.92. The minimum absolute atomic E-state index is 0.00485. The average Bonchev–Trinajstić information content (AvgIpc) is 2.90. The van der Waals surface area contributed by atoms with Gasteiger partial charge in [-0.15, -0.1) is 0 Å². The van der Waals surface area contributed by atoms with Gasteiger partial charge in [-0.2, -0.15) is 0 Å². The van der Waals surface area contributed by atoms with Gasteiger partial charge in [-0.1, -0.05) is 0 Å². The van der Waals surface area contributed by atoms with Gasteiger partial charge in [0.15, 0.2) is 0 Å². The molecular formula is C16H14F2N2O3. The van der Waals surface area contributed by atoms with Crippen LogP contribution < -0.4 is 0 Å². The molecule has 2 aromatic rings. The number of carbonyl (C=O) groups excluding carboxylic acids is 1. The zero-order valence-electron chi connectivity index (χ0n) is 12.0. The monoisotopic (exact) mass is 320 g/mol. The first kappa shape index (κ1) is 15.4. The standard InChI is InChI=1S/C16H14F2N2O3/c17-10-1-2-14(18)13(4-10)15-5-12(22)8-20(15)16(23)9-3-11(21)7-19-6-9/h1-4,6-7,12,15,21-22H,5,8H2/t12-,15-/m0/s1. The molecule has 0 saturated carbocycles. The summed E-state index contributed by atoms with van der Waals surface area (Å²) in [5.41, 5.74) is 0.129. The van der Waals surface area contributed by atoms with Crippen LogP contribution in [0.2, 0.25) is 0 Å². The van der Waals surface area contributed by atoms with E-state index in [4.69, 9.17) is 0 Å². The van der Waals surface area contributed by atoms with Crippen LogP contribution in [0.4, 0.5) is 8.78 Å². The molecule has 0 spiro atoms. The van der Waals surface area contributed by atoms with Crippen LogP contribution in [0.3, 0.4) is 0 Å². The maximum Gasteiger partial charge on any atom is 0.256 e. The number of amides is 1. The number of benzene rings is 1. The summed E-state index contributed by atoms with van der Waals surface area (Å²) in [6.07, 6.45) is 1.72. The Bertz CT molecular complexity index is 754. The van der Waals surface area contributed by atoms with Crippen LogP contribution in [-0.2, 0) is 0 Å². The number of aromatic nitrogens is 1. The van der Waals surface area contributed by atoms with Crippen molar-refractivity contribution in [3.05, 3.63) is 59.4 Å². The quantitative estimate of drug-likeness (QED) is 0.888. The Morgan fingerprint density at radius 3 is 2.78 bits per heavy atom. The van der Waals surface area contributed by atoms with Crippen molar-refractivity contribution in [3.63, 3.8) is 0 Å². The Labute approximate surface area is 130 Å². The van der Waals surface area contributed by atoms with Crippen LogP contribution in [0.5, 0.6) is 5.75 Å². The molecular weight excluding hydrogens is 306 g/mol. The Kier molecular flexibility index (Phi) is 3.96. The van der Waals surface area contributed by atoms with E-state index in [0.29, 0.717) is 0 Å². The van der Waals surface area contributed by atoms with E-state index in [1.807, 2.05) is 0 Å². The van der Waals surface area contributed by atoms with Crippen LogP contribution in [0.25, 0.3) is 0 Å². The van der Waals surface area contributed by atoms with E-state index in [1.54, 1.807) is 0 Å². The summed E-state index contributed by atoms with van der Waals surface area (Å²) < 4.78 is 27.4. The van der Waals surface area contributed by atoms with Gasteiger partial charge in [0.05, 0.1) is 23.9 Å². The van der Waals surface area contributed by atoms with Gasteiger partial charge in [-0.05, 0) is 30.7 Å². The van der Waals surface area contributed by atoms with Crippen molar-refractivity contribution in [1.82, 2.24) is 9.88 Å². The number of likely N-dealkylation sites (tertiary alicyclic amines) is 1. The van der Waals surface area contributed by atoms with Gasteiger partial charge in [0.1, 0.15) is 17.4 Å². The summed E-state index contributed by atoms with van der Waals surface area (Å²) in [5, 5.41) is 19.3. The summed E-state index contributed by atoms with van der Waals surface area (Å²) in [7, 11) is 0. The number of carbonyl (C=O) groups is 1. The first-order valence-corrected chi connectivity index (χ1v) is 7.03. The molecule has 7 heteroatoms. The van der Waals surface area contributed by atoms with Gasteiger partial charge in [0, 0.05) is 18.3 Å². The summed E-state index contributed by atoms with van der Waals surface area (Å²) in [5.74, 6) is -1.95. The molecule has 1 fully saturated rings. The lowest BCUT2D eigenvalue weighted by molar-refractivity contribution is 0.0713. The van der Waals surface area contributed by atoms with E-state index in [-0.39, 0.29) is 29.8 Å². The molecule has 23 heavy (non-hydrogen) atoms. The van der Waals surface area contributed by atoms with Crippen molar-refractivity contribution in [3.8, 4) is 5.75 Å². The molecule has 1 amide bonds. The Hall–Kier alpha value is -2.54. The molecule has 2 heterocycles. The highest BCUT2D eigenvalue weighted by atomic mass is 19.1. The normalized spacial score (nSPS) is 20.7. The van der Waals surface area contributed by atoms with Crippen LogP contribution in [0.15, 0.2) is 36.7 Å². The smallest absolute Gasteiger partial charge is 0.256 e. The molecule has 1 saturated heterocycles. The minimum Gasteiger partial charge on any atom is -0.506 e. The summed E-state index contributed by atoms with van der Waals surface area (Å²) in [4.78, 5) is 17.6. The molecule has 0 radical (unpaired) electrons. The van der Waals surface area contributed by atoms with Gasteiger partial charge in [-0.25, -0.2) is 8.78 Å². The lowest BCUT2D eigenvalue weighted by Gasteiger charge is -2.25. The van der Waals surface area contributed by atoms with E-state index in [9.17, 15) is 23.8 Å². The second-order valence-electron chi connectivity index (χ2n) is 5.46. The predicted octanol–water partition coefficient (Wildman–Crippen LogP) is 2.01. The van der Waals surface area contributed by atoms with Gasteiger partial charge >= 0.3 is 0 Å². The molecule has 120 valence electrons. The molecule has 3 rings (SSSR count). The number of aliphatic hydroxyl groups excluding tert-OH is 1. The molecule has 0 unspecified atom stereocenters. The van der Waals surface area contributed by atoms with Gasteiger partial charge < -0.3 is 15.1 Å². The zero-order chi connectivity index (χ0) is 16.6. The lowest BCUT2D eigenvalue weighted by Crippen LogP contribution is -2.32. The van der Waals surface area contributed by atoms with Crippen LogP contribution in [-0.4, -0.2) is 38.7 Å². The Morgan fingerprint density at radius 2 is 2.04 bits per heavy atom. The van der Waals surface area contributed by atoms with E-state index in [0.717, 1.165) is 18.2 Å². The number of nitrogens with zero attached hydrogens (tertiary/aromatic N) is 2. The zero-order valence-corrected chi connectivity index (χ0v) is 12.0. The summed E-state index contributed by atoms with van der Waals surface area (Å²) in [6, 6.07) is 3.47. The SMILES string of the molecule is O=C(c1cncc(O)c1)N1C[C@@H](O)C[C@H]1c1cc(F)ccc1F. The van der Waals surface area contributed by atoms with E-state index >= 15 is 0 Å². The predicted molar refractivity (Wildman–Crippen MR) is 76.7 cm³/mol. The van der Waals surface area contributed by atoms with Crippen molar-refractivity contribution in [2.24, 2.45) is 0 Å². The fourth-order valence-corrected chi connectivity index (χ4v) is 2.81. The molecule has 0 bridgehead atoms. The summed E-state index contributed by atoms with van der Waals surface area (Å²) in [6.45, 7) is -0.00485. The maximum atomic E-state index is 14.0. The number of aromatic hydroxyl groups is 1. The third kappa shape index (κ3) is 3.00. The number of aliphatic hydroxyl groups is 1.